The first kappa shape index (κ1) is 13.6. The Bertz CT molecular complexity index is 495. The van der Waals surface area contributed by atoms with E-state index >= 15 is 0 Å². The standard InChI is InChI=1S/C13H20N4O2/c1-9-11(8-14-16(9)3)15-13(19)12-6-4-5-7-17(12)10(2)18/h8,12H,4-7H2,1-3H3,(H,15,19). The highest BCUT2D eigenvalue weighted by Gasteiger charge is 2.30. The second kappa shape index (κ2) is 5.42. The molecule has 1 aromatic heterocycles. The second-order valence-electron chi connectivity index (χ2n) is 4.98. The fraction of sp³-hybridized carbons (Fsp3) is 0.615. The Kier molecular flexibility index (Phi) is 3.87. The van der Waals surface area contributed by atoms with Crippen molar-refractivity contribution in [2.24, 2.45) is 7.05 Å². The molecule has 19 heavy (non-hydrogen) atoms. The molecular weight excluding hydrogens is 244 g/mol. The molecule has 1 fully saturated rings. The predicted octanol–water partition coefficient (Wildman–Crippen LogP) is 1.07. The number of rotatable bonds is 2. The summed E-state index contributed by atoms with van der Waals surface area (Å²) in [6.07, 6.45) is 4.31. The van der Waals surface area contributed by atoms with E-state index < -0.39 is 0 Å². The Labute approximate surface area is 112 Å². The molecule has 1 atom stereocenters. The molecule has 1 aliphatic heterocycles. The molecule has 0 radical (unpaired) electrons. The van der Waals surface area contributed by atoms with Crippen LogP contribution in [0.1, 0.15) is 31.9 Å². The zero-order valence-corrected chi connectivity index (χ0v) is 11.6. The van der Waals surface area contributed by atoms with Crippen molar-refractivity contribution in [1.82, 2.24) is 14.7 Å². The normalized spacial score (nSPS) is 19.3. The molecule has 0 spiro atoms. The molecule has 6 heteroatoms. The Morgan fingerprint density at radius 3 is 2.74 bits per heavy atom. The first-order valence-corrected chi connectivity index (χ1v) is 6.57. The molecular formula is C13H20N4O2. The van der Waals surface area contributed by atoms with Crippen molar-refractivity contribution in [2.45, 2.75) is 39.2 Å². The number of carbonyl (C=O) groups is 2. The van der Waals surface area contributed by atoms with Gasteiger partial charge >= 0.3 is 0 Å². The van der Waals surface area contributed by atoms with Gasteiger partial charge in [0.05, 0.1) is 17.6 Å². The Hall–Kier alpha value is -1.85. The van der Waals surface area contributed by atoms with Gasteiger partial charge in [-0.15, -0.1) is 0 Å². The number of anilines is 1. The molecule has 1 aromatic rings. The van der Waals surface area contributed by atoms with Crippen LogP contribution in [0.15, 0.2) is 6.20 Å². The van der Waals surface area contributed by atoms with E-state index in [0.29, 0.717) is 12.2 Å². The molecule has 2 amide bonds. The van der Waals surface area contributed by atoms with Crippen LogP contribution in [0.2, 0.25) is 0 Å². The number of piperidine rings is 1. The zero-order chi connectivity index (χ0) is 14.0. The van der Waals surface area contributed by atoms with Gasteiger partial charge < -0.3 is 10.2 Å². The number of nitrogens with one attached hydrogen (secondary N) is 1. The van der Waals surface area contributed by atoms with Crippen LogP contribution in [0.25, 0.3) is 0 Å². The number of hydrogen-bond donors (Lipinski definition) is 1. The van der Waals surface area contributed by atoms with Gasteiger partial charge in [-0.2, -0.15) is 5.10 Å². The van der Waals surface area contributed by atoms with Gasteiger partial charge in [0.2, 0.25) is 11.8 Å². The molecule has 104 valence electrons. The van der Waals surface area contributed by atoms with E-state index in [1.165, 1.54) is 6.92 Å². The summed E-state index contributed by atoms with van der Waals surface area (Å²) in [7, 11) is 1.83. The SMILES string of the molecule is CC(=O)N1CCCCC1C(=O)Nc1cnn(C)c1C. The summed E-state index contributed by atoms with van der Waals surface area (Å²) in [6, 6.07) is -0.356. The van der Waals surface area contributed by atoms with Gasteiger partial charge in [0.15, 0.2) is 0 Å². The van der Waals surface area contributed by atoms with Crippen molar-refractivity contribution in [3.05, 3.63) is 11.9 Å². The van der Waals surface area contributed by atoms with Crippen molar-refractivity contribution < 1.29 is 9.59 Å². The number of aromatic nitrogens is 2. The van der Waals surface area contributed by atoms with Gasteiger partial charge in [0, 0.05) is 20.5 Å². The van der Waals surface area contributed by atoms with E-state index in [2.05, 4.69) is 10.4 Å². The topological polar surface area (TPSA) is 67.2 Å². The molecule has 0 aromatic carbocycles. The predicted molar refractivity (Wildman–Crippen MR) is 71.6 cm³/mol. The van der Waals surface area contributed by atoms with Gasteiger partial charge in [0.25, 0.3) is 0 Å². The summed E-state index contributed by atoms with van der Waals surface area (Å²) in [5, 5.41) is 6.96. The summed E-state index contributed by atoms with van der Waals surface area (Å²) in [6.45, 7) is 4.08. The number of nitrogens with zero attached hydrogens (tertiary/aromatic N) is 3. The average molecular weight is 264 g/mol. The van der Waals surface area contributed by atoms with Gasteiger partial charge in [-0.25, -0.2) is 0 Å². The lowest BCUT2D eigenvalue weighted by Gasteiger charge is -2.33. The minimum atomic E-state index is -0.356. The molecule has 1 aliphatic rings. The lowest BCUT2D eigenvalue weighted by molar-refractivity contribution is -0.138. The molecule has 6 nitrogen and oxygen atoms in total. The first-order valence-electron chi connectivity index (χ1n) is 6.57. The second-order valence-corrected chi connectivity index (χ2v) is 4.98. The molecule has 0 bridgehead atoms. The van der Waals surface area contributed by atoms with Gasteiger partial charge in [-0.3, -0.25) is 14.3 Å². The number of likely N-dealkylation sites (tertiary alicyclic amines) is 1. The van der Waals surface area contributed by atoms with Crippen LogP contribution in [0, 0.1) is 6.92 Å². The molecule has 1 unspecified atom stereocenters. The van der Waals surface area contributed by atoms with Crippen molar-refractivity contribution >= 4 is 17.5 Å². The quantitative estimate of drug-likeness (QED) is 0.868. The van der Waals surface area contributed by atoms with Crippen molar-refractivity contribution in [3.8, 4) is 0 Å². The maximum absolute atomic E-state index is 12.3. The lowest BCUT2D eigenvalue weighted by atomic mass is 10.0. The van der Waals surface area contributed by atoms with E-state index in [1.54, 1.807) is 15.8 Å². The molecule has 2 rings (SSSR count). The molecule has 1 saturated heterocycles. The third kappa shape index (κ3) is 2.77. The van der Waals surface area contributed by atoms with E-state index in [-0.39, 0.29) is 17.9 Å². The number of hydrogen-bond acceptors (Lipinski definition) is 3. The molecule has 1 N–H and O–H groups in total. The summed E-state index contributed by atoms with van der Waals surface area (Å²) < 4.78 is 1.71. The van der Waals surface area contributed by atoms with Crippen LogP contribution >= 0.6 is 0 Å². The van der Waals surface area contributed by atoms with Crippen LogP contribution in [0.4, 0.5) is 5.69 Å². The Balaban J connectivity index is 2.10. The van der Waals surface area contributed by atoms with Crippen LogP contribution in [-0.4, -0.2) is 39.1 Å². The van der Waals surface area contributed by atoms with Crippen LogP contribution < -0.4 is 5.32 Å². The number of carbonyl (C=O) groups excluding carboxylic acids is 2. The van der Waals surface area contributed by atoms with Gasteiger partial charge in [-0.05, 0) is 26.2 Å². The molecule has 2 heterocycles. The molecule has 0 saturated carbocycles. The van der Waals surface area contributed by atoms with Crippen LogP contribution in [-0.2, 0) is 16.6 Å². The monoisotopic (exact) mass is 264 g/mol. The minimum Gasteiger partial charge on any atom is -0.331 e. The molecule has 0 aliphatic carbocycles. The fourth-order valence-corrected chi connectivity index (χ4v) is 2.42. The smallest absolute Gasteiger partial charge is 0.247 e. The summed E-state index contributed by atoms with van der Waals surface area (Å²) in [4.78, 5) is 25.5. The van der Waals surface area contributed by atoms with Crippen LogP contribution in [0.3, 0.4) is 0 Å². The highest BCUT2D eigenvalue weighted by Crippen LogP contribution is 2.20. The first-order chi connectivity index (χ1) is 9.00. The largest absolute Gasteiger partial charge is 0.331 e. The van der Waals surface area contributed by atoms with Gasteiger partial charge in [0.1, 0.15) is 6.04 Å². The van der Waals surface area contributed by atoms with Crippen molar-refractivity contribution in [1.29, 1.82) is 0 Å². The summed E-state index contributed by atoms with van der Waals surface area (Å²) in [5.74, 6) is -0.159. The zero-order valence-electron chi connectivity index (χ0n) is 11.6. The van der Waals surface area contributed by atoms with E-state index in [0.717, 1.165) is 25.0 Å². The maximum atomic E-state index is 12.3. The van der Waals surface area contributed by atoms with E-state index in [9.17, 15) is 9.59 Å². The van der Waals surface area contributed by atoms with Crippen molar-refractivity contribution in [2.75, 3.05) is 11.9 Å². The third-order valence-electron chi connectivity index (χ3n) is 3.70. The van der Waals surface area contributed by atoms with Crippen molar-refractivity contribution in [3.63, 3.8) is 0 Å². The highest BCUT2D eigenvalue weighted by molar-refractivity contribution is 5.97. The van der Waals surface area contributed by atoms with E-state index in [1.807, 2.05) is 14.0 Å². The number of aryl methyl sites for hydroxylation is 1. The third-order valence-corrected chi connectivity index (χ3v) is 3.70. The van der Waals surface area contributed by atoms with Crippen LogP contribution in [0.5, 0.6) is 0 Å². The summed E-state index contributed by atoms with van der Waals surface area (Å²) in [5.41, 5.74) is 1.61. The minimum absolute atomic E-state index is 0.0391. The fourth-order valence-electron chi connectivity index (χ4n) is 2.42. The maximum Gasteiger partial charge on any atom is 0.247 e. The Morgan fingerprint density at radius 2 is 2.16 bits per heavy atom. The van der Waals surface area contributed by atoms with E-state index in [4.69, 9.17) is 0 Å². The number of amides is 2. The Morgan fingerprint density at radius 1 is 1.42 bits per heavy atom. The lowest BCUT2D eigenvalue weighted by Crippen LogP contribution is -2.49. The van der Waals surface area contributed by atoms with Gasteiger partial charge in [-0.1, -0.05) is 0 Å². The average Bonchev–Trinajstić information content (AvgIpc) is 2.70. The summed E-state index contributed by atoms with van der Waals surface area (Å²) >= 11 is 0. The highest BCUT2D eigenvalue weighted by atomic mass is 16.2.